The molecular weight excluding hydrogens is 380 g/mol. The average Bonchev–Trinajstić information content (AvgIpc) is 2.76. The van der Waals surface area contributed by atoms with Crippen molar-refractivity contribution in [3.63, 3.8) is 0 Å². The maximum Gasteiger partial charge on any atom is 0.280 e. The minimum atomic E-state index is -0.523. The highest BCUT2D eigenvalue weighted by molar-refractivity contribution is 6.02. The maximum atomic E-state index is 12.7. The number of rotatable bonds is 5. The van der Waals surface area contributed by atoms with Crippen LogP contribution in [0.25, 0.3) is 5.69 Å². The van der Waals surface area contributed by atoms with Gasteiger partial charge in [0.2, 0.25) is 5.43 Å². The first kappa shape index (κ1) is 20.0. The zero-order chi connectivity index (χ0) is 20.9. The van der Waals surface area contributed by atoms with Gasteiger partial charge in [0.1, 0.15) is 0 Å². The lowest BCUT2D eigenvalue weighted by atomic mass is 10.2. The molecule has 0 radical (unpaired) electrons. The second kappa shape index (κ2) is 9.02. The Morgan fingerprint density at radius 3 is 2.47 bits per heavy atom. The molecule has 0 spiro atoms. The van der Waals surface area contributed by atoms with E-state index in [1.165, 1.54) is 6.07 Å². The van der Waals surface area contributed by atoms with Gasteiger partial charge >= 0.3 is 0 Å². The van der Waals surface area contributed by atoms with Gasteiger partial charge in [0.05, 0.1) is 18.9 Å². The Morgan fingerprint density at radius 1 is 1.07 bits per heavy atom. The number of aryl methyl sites for hydroxylation is 1. The molecule has 3 aromatic rings. The number of nitrogens with zero attached hydrogens (tertiary/aromatic N) is 3. The molecule has 7 nitrogen and oxygen atoms in total. The molecule has 1 amide bonds. The van der Waals surface area contributed by atoms with Gasteiger partial charge in [-0.15, -0.1) is 0 Å². The summed E-state index contributed by atoms with van der Waals surface area (Å²) in [7, 11) is 0. The summed E-state index contributed by atoms with van der Waals surface area (Å²) < 4.78 is 6.97. The van der Waals surface area contributed by atoms with E-state index < -0.39 is 11.3 Å². The molecule has 1 aromatic heterocycles. The number of anilines is 1. The molecule has 1 fully saturated rings. The first-order valence-corrected chi connectivity index (χ1v) is 9.97. The van der Waals surface area contributed by atoms with Crippen LogP contribution in [0.2, 0.25) is 0 Å². The van der Waals surface area contributed by atoms with Crippen molar-refractivity contribution in [2.24, 2.45) is 0 Å². The van der Waals surface area contributed by atoms with Crippen molar-refractivity contribution in [3.8, 4) is 5.69 Å². The van der Waals surface area contributed by atoms with E-state index in [2.05, 4.69) is 15.3 Å². The highest BCUT2D eigenvalue weighted by Gasteiger charge is 2.16. The fourth-order valence-corrected chi connectivity index (χ4v) is 3.44. The molecule has 4 rings (SSSR count). The molecular formula is C23H24N4O3. The SMILES string of the molecule is Cc1cc(=O)c(C(=O)Nc2ccc(CN3CCOCC3)cc2)nn1-c1ccccc1. The Bertz CT molecular complexity index is 1070. The first-order valence-electron chi connectivity index (χ1n) is 9.97. The standard InChI is InChI=1S/C23H24N4O3/c1-17-15-21(28)22(25-27(17)20-5-3-2-4-6-20)23(29)24-19-9-7-18(8-10-19)16-26-11-13-30-14-12-26/h2-10,15H,11-14,16H2,1H3,(H,24,29). The van der Waals surface area contributed by atoms with Crippen LogP contribution in [0.4, 0.5) is 5.69 Å². The van der Waals surface area contributed by atoms with Crippen molar-refractivity contribution < 1.29 is 9.53 Å². The van der Waals surface area contributed by atoms with Gasteiger partial charge in [-0.05, 0) is 36.8 Å². The fraction of sp³-hybridized carbons (Fsp3) is 0.261. The van der Waals surface area contributed by atoms with E-state index in [4.69, 9.17) is 4.74 Å². The van der Waals surface area contributed by atoms with Crippen molar-refractivity contribution in [1.82, 2.24) is 14.7 Å². The highest BCUT2D eigenvalue weighted by atomic mass is 16.5. The van der Waals surface area contributed by atoms with E-state index in [1.54, 1.807) is 11.6 Å². The fourth-order valence-electron chi connectivity index (χ4n) is 3.44. The smallest absolute Gasteiger partial charge is 0.280 e. The van der Waals surface area contributed by atoms with Crippen LogP contribution in [0.5, 0.6) is 0 Å². The maximum absolute atomic E-state index is 12.7. The summed E-state index contributed by atoms with van der Waals surface area (Å²) >= 11 is 0. The normalized spacial score (nSPS) is 14.4. The minimum absolute atomic E-state index is 0.137. The van der Waals surface area contributed by atoms with Crippen LogP contribution in [0.15, 0.2) is 65.5 Å². The molecule has 154 valence electrons. The number of carbonyl (C=O) groups excluding carboxylic acids is 1. The quantitative estimate of drug-likeness (QED) is 0.708. The average molecular weight is 404 g/mol. The Kier molecular flexibility index (Phi) is 6.02. The number of ether oxygens (including phenoxy) is 1. The van der Waals surface area contributed by atoms with Crippen LogP contribution in [0.1, 0.15) is 21.7 Å². The number of amides is 1. The van der Waals surface area contributed by atoms with Crippen LogP contribution in [-0.4, -0.2) is 46.9 Å². The van der Waals surface area contributed by atoms with Gasteiger partial charge in [0, 0.05) is 37.1 Å². The molecule has 2 aromatic carbocycles. The summed E-state index contributed by atoms with van der Waals surface area (Å²) in [6, 6.07) is 18.5. The van der Waals surface area contributed by atoms with Gasteiger partial charge in [-0.1, -0.05) is 30.3 Å². The van der Waals surface area contributed by atoms with E-state index in [1.807, 2.05) is 54.6 Å². The van der Waals surface area contributed by atoms with Gasteiger partial charge in [-0.25, -0.2) is 4.68 Å². The van der Waals surface area contributed by atoms with Crippen molar-refractivity contribution in [3.05, 3.63) is 87.8 Å². The Balaban J connectivity index is 1.49. The number of aromatic nitrogens is 2. The van der Waals surface area contributed by atoms with Crippen molar-refractivity contribution in [1.29, 1.82) is 0 Å². The van der Waals surface area contributed by atoms with Gasteiger partial charge in [-0.2, -0.15) is 5.10 Å². The number of carbonyl (C=O) groups is 1. The van der Waals surface area contributed by atoms with Crippen molar-refractivity contribution >= 4 is 11.6 Å². The zero-order valence-corrected chi connectivity index (χ0v) is 16.9. The predicted molar refractivity (Wildman–Crippen MR) is 115 cm³/mol. The molecule has 0 atom stereocenters. The largest absolute Gasteiger partial charge is 0.379 e. The van der Waals surface area contributed by atoms with Crippen LogP contribution in [0, 0.1) is 6.92 Å². The molecule has 7 heteroatoms. The first-order chi connectivity index (χ1) is 14.6. The molecule has 2 heterocycles. The summed E-state index contributed by atoms with van der Waals surface area (Å²) in [5.41, 5.74) is 2.70. The zero-order valence-electron chi connectivity index (χ0n) is 16.9. The third-order valence-electron chi connectivity index (χ3n) is 5.04. The Morgan fingerprint density at radius 2 is 1.77 bits per heavy atom. The van der Waals surface area contributed by atoms with Crippen molar-refractivity contribution in [2.45, 2.75) is 13.5 Å². The summed E-state index contributed by atoms with van der Waals surface area (Å²) in [6.07, 6.45) is 0. The second-order valence-electron chi connectivity index (χ2n) is 7.29. The lowest BCUT2D eigenvalue weighted by Crippen LogP contribution is -2.35. The highest BCUT2D eigenvalue weighted by Crippen LogP contribution is 2.14. The topological polar surface area (TPSA) is 76.5 Å². The monoisotopic (exact) mass is 404 g/mol. The molecule has 1 aliphatic heterocycles. The molecule has 0 bridgehead atoms. The number of hydrogen-bond acceptors (Lipinski definition) is 5. The van der Waals surface area contributed by atoms with Crippen LogP contribution >= 0.6 is 0 Å². The Hall–Kier alpha value is -3.29. The van der Waals surface area contributed by atoms with Gasteiger partial charge in [-0.3, -0.25) is 14.5 Å². The number of morpholine rings is 1. The van der Waals surface area contributed by atoms with Crippen molar-refractivity contribution in [2.75, 3.05) is 31.6 Å². The van der Waals surface area contributed by atoms with E-state index >= 15 is 0 Å². The predicted octanol–water partition coefficient (Wildman–Crippen LogP) is 2.63. The molecule has 1 saturated heterocycles. The number of benzene rings is 2. The molecule has 1 N–H and O–H groups in total. The van der Waals surface area contributed by atoms with Crippen LogP contribution in [0.3, 0.4) is 0 Å². The van der Waals surface area contributed by atoms with E-state index in [9.17, 15) is 9.59 Å². The lowest BCUT2D eigenvalue weighted by Gasteiger charge is -2.26. The van der Waals surface area contributed by atoms with E-state index in [-0.39, 0.29) is 5.69 Å². The molecule has 0 aliphatic carbocycles. The van der Waals surface area contributed by atoms with E-state index in [0.717, 1.165) is 44.1 Å². The number of nitrogens with one attached hydrogen (secondary N) is 1. The third kappa shape index (κ3) is 4.64. The van der Waals surface area contributed by atoms with Crippen LogP contribution < -0.4 is 10.7 Å². The second-order valence-corrected chi connectivity index (χ2v) is 7.29. The third-order valence-corrected chi connectivity index (χ3v) is 5.04. The molecule has 0 unspecified atom stereocenters. The summed E-state index contributed by atoms with van der Waals surface area (Å²) in [5.74, 6) is -0.523. The molecule has 1 aliphatic rings. The summed E-state index contributed by atoms with van der Waals surface area (Å²) in [4.78, 5) is 27.4. The van der Waals surface area contributed by atoms with Gasteiger partial charge in [0.15, 0.2) is 5.69 Å². The summed E-state index contributed by atoms with van der Waals surface area (Å²) in [5, 5.41) is 7.09. The molecule has 30 heavy (non-hydrogen) atoms. The number of hydrogen-bond donors (Lipinski definition) is 1. The van der Waals surface area contributed by atoms with Crippen LogP contribution in [-0.2, 0) is 11.3 Å². The van der Waals surface area contributed by atoms with Gasteiger partial charge in [0.25, 0.3) is 5.91 Å². The number of para-hydroxylation sites is 1. The lowest BCUT2D eigenvalue weighted by molar-refractivity contribution is 0.0342. The summed E-state index contributed by atoms with van der Waals surface area (Å²) in [6.45, 7) is 6.00. The molecule has 0 saturated carbocycles. The van der Waals surface area contributed by atoms with Gasteiger partial charge < -0.3 is 10.1 Å². The van der Waals surface area contributed by atoms with E-state index in [0.29, 0.717) is 11.4 Å². The minimum Gasteiger partial charge on any atom is -0.379 e. The Labute approximate surface area is 174 Å².